The number of aromatic nitrogens is 4. The first-order chi connectivity index (χ1) is 17.5. The zero-order valence-electron chi connectivity index (χ0n) is 19.3. The van der Waals surface area contributed by atoms with Crippen LogP contribution in [0.2, 0.25) is 0 Å². The zero-order chi connectivity index (χ0) is 28.2. The highest BCUT2D eigenvalue weighted by Crippen LogP contribution is 2.41. The average molecular weight is 566 g/mol. The van der Waals surface area contributed by atoms with Crippen LogP contribution in [-0.2, 0) is 36.4 Å². The van der Waals surface area contributed by atoms with Crippen LogP contribution in [0.1, 0.15) is 23.7 Å². The molecule has 3 aromatic heterocycles. The van der Waals surface area contributed by atoms with Crippen LogP contribution in [0.4, 0.5) is 39.5 Å². The molecule has 0 saturated heterocycles. The molecule has 4 aromatic rings. The third kappa shape index (κ3) is 5.11. The molecule has 1 unspecified atom stereocenters. The van der Waals surface area contributed by atoms with Gasteiger partial charge in [0.05, 0.1) is 49.7 Å². The van der Waals surface area contributed by atoms with Gasteiger partial charge < -0.3 is 4.57 Å². The Morgan fingerprint density at radius 2 is 1.47 bits per heavy atom. The molecule has 5 nitrogen and oxygen atoms in total. The SMILES string of the molecule is CCS(=O)c1cc(C(F)(F)F)c(-c2ccc(C(F)(F)F)cc2)nc1-c1nc2cc(C(F)(F)F)ncc2n1C. The summed E-state index contributed by atoms with van der Waals surface area (Å²) in [6.45, 7) is 1.44. The summed E-state index contributed by atoms with van der Waals surface area (Å²) in [6.07, 6.45) is -13.7. The van der Waals surface area contributed by atoms with Crippen molar-refractivity contribution in [3.8, 4) is 22.8 Å². The van der Waals surface area contributed by atoms with Gasteiger partial charge in [-0.1, -0.05) is 19.1 Å². The molecule has 0 spiro atoms. The topological polar surface area (TPSA) is 60.7 Å². The van der Waals surface area contributed by atoms with Gasteiger partial charge in [-0.15, -0.1) is 0 Å². The second-order valence-electron chi connectivity index (χ2n) is 7.99. The van der Waals surface area contributed by atoms with Gasteiger partial charge in [0.2, 0.25) is 0 Å². The number of aryl methyl sites for hydroxylation is 1. The number of benzene rings is 1. The van der Waals surface area contributed by atoms with Crippen LogP contribution in [0, 0.1) is 0 Å². The van der Waals surface area contributed by atoms with Crippen LogP contribution < -0.4 is 0 Å². The molecular weight excluding hydrogens is 551 g/mol. The molecule has 3 heterocycles. The lowest BCUT2D eigenvalue weighted by molar-refractivity contribution is -0.141. The molecular formula is C23H15F9N4OS. The van der Waals surface area contributed by atoms with Crippen molar-refractivity contribution < 1.29 is 43.7 Å². The fourth-order valence-electron chi connectivity index (χ4n) is 3.69. The normalized spacial score (nSPS) is 13.8. The molecule has 0 N–H and O–H groups in total. The molecule has 202 valence electrons. The van der Waals surface area contributed by atoms with Gasteiger partial charge in [-0.25, -0.2) is 15.0 Å². The molecule has 1 aromatic carbocycles. The van der Waals surface area contributed by atoms with E-state index in [4.69, 9.17) is 0 Å². The van der Waals surface area contributed by atoms with Crippen molar-refractivity contribution in [2.24, 2.45) is 7.05 Å². The maximum atomic E-state index is 14.0. The fraction of sp³-hybridized carbons (Fsp3) is 0.261. The second kappa shape index (κ2) is 9.36. The average Bonchev–Trinajstić information content (AvgIpc) is 3.16. The molecule has 0 saturated carbocycles. The van der Waals surface area contributed by atoms with Crippen molar-refractivity contribution >= 4 is 21.8 Å². The molecule has 0 bridgehead atoms. The van der Waals surface area contributed by atoms with Gasteiger partial charge in [0.1, 0.15) is 11.4 Å². The summed E-state index contributed by atoms with van der Waals surface area (Å²) in [4.78, 5) is 11.1. The van der Waals surface area contributed by atoms with Crippen LogP contribution >= 0.6 is 0 Å². The molecule has 38 heavy (non-hydrogen) atoms. The largest absolute Gasteiger partial charge is 0.433 e. The molecule has 1 atom stereocenters. The van der Waals surface area contributed by atoms with Gasteiger partial charge in [-0.2, -0.15) is 39.5 Å². The van der Waals surface area contributed by atoms with Crippen LogP contribution in [-0.4, -0.2) is 29.5 Å². The summed E-state index contributed by atoms with van der Waals surface area (Å²) in [5.74, 6) is -0.338. The molecule has 15 heteroatoms. The monoisotopic (exact) mass is 566 g/mol. The summed E-state index contributed by atoms with van der Waals surface area (Å²) in [5, 5.41) is 0. The second-order valence-corrected chi connectivity index (χ2v) is 9.70. The Labute approximate surface area is 210 Å². The van der Waals surface area contributed by atoms with Crippen molar-refractivity contribution in [2.75, 3.05) is 5.75 Å². The summed E-state index contributed by atoms with van der Waals surface area (Å²) >= 11 is 0. The third-order valence-electron chi connectivity index (χ3n) is 5.56. The number of hydrogen-bond acceptors (Lipinski definition) is 4. The van der Waals surface area contributed by atoms with E-state index in [2.05, 4.69) is 15.0 Å². The van der Waals surface area contributed by atoms with Crippen LogP contribution in [0.25, 0.3) is 33.8 Å². The summed E-state index contributed by atoms with van der Waals surface area (Å²) in [5.41, 5.74) is -5.23. The molecule has 0 radical (unpaired) electrons. The number of imidazole rings is 1. The summed E-state index contributed by atoms with van der Waals surface area (Å²) < 4.78 is 134. The van der Waals surface area contributed by atoms with E-state index >= 15 is 0 Å². The Balaban J connectivity index is 2.02. The maximum absolute atomic E-state index is 14.0. The third-order valence-corrected chi connectivity index (χ3v) is 6.88. The lowest BCUT2D eigenvalue weighted by Gasteiger charge is -2.17. The van der Waals surface area contributed by atoms with Gasteiger partial charge in [-0.05, 0) is 24.3 Å². The van der Waals surface area contributed by atoms with Crippen LogP contribution in [0.5, 0.6) is 0 Å². The number of halogens is 9. The highest BCUT2D eigenvalue weighted by atomic mass is 32.2. The number of pyridine rings is 2. The quantitative estimate of drug-likeness (QED) is 0.253. The fourth-order valence-corrected chi connectivity index (χ4v) is 4.61. The highest BCUT2D eigenvalue weighted by molar-refractivity contribution is 7.85. The summed E-state index contributed by atoms with van der Waals surface area (Å²) in [7, 11) is -0.680. The maximum Gasteiger partial charge on any atom is 0.433 e. The molecule has 0 aliphatic heterocycles. The van der Waals surface area contributed by atoms with E-state index in [1.807, 2.05) is 0 Å². The Kier molecular flexibility index (Phi) is 6.78. The van der Waals surface area contributed by atoms with Gasteiger partial charge in [0.25, 0.3) is 0 Å². The van der Waals surface area contributed by atoms with Gasteiger partial charge in [-0.3, -0.25) is 4.21 Å². The molecule has 4 rings (SSSR count). The highest BCUT2D eigenvalue weighted by Gasteiger charge is 2.38. The standard InChI is InChI=1S/C23H15F9N4OS/c1-3-38(37)16-8-13(22(27,28)29)18(11-4-6-12(7-5-11)21(24,25)26)35-19(16)20-34-14-9-17(23(30,31)32)33-10-15(14)36(20)2/h4-10H,3H2,1-2H3. The predicted molar refractivity (Wildman–Crippen MR) is 119 cm³/mol. The lowest BCUT2D eigenvalue weighted by atomic mass is 10.0. The van der Waals surface area contributed by atoms with E-state index < -0.39 is 56.7 Å². The Bertz CT molecular complexity index is 1540. The van der Waals surface area contributed by atoms with Crippen molar-refractivity contribution in [3.63, 3.8) is 0 Å². The summed E-state index contributed by atoms with van der Waals surface area (Å²) in [6, 6.07) is 4.04. The van der Waals surface area contributed by atoms with Gasteiger partial charge in [0, 0.05) is 18.4 Å². The van der Waals surface area contributed by atoms with Crippen molar-refractivity contribution in [2.45, 2.75) is 30.3 Å². The van der Waals surface area contributed by atoms with Gasteiger partial charge >= 0.3 is 18.5 Å². The Morgan fingerprint density at radius 1 is 0.842 bits per heavy atom. The minimum Gasteiger partial charge on any atom is -0.325 e. The predicted octanol–water partition coefficient (Wildman–Crippen LogP) is 6.88. The van der Waals surface area contributed by atoms with Crippen LogP contribution in [0.15, 0.2) is 47.5 Å². The minimum atomic E-state index is -5.03. The molecule has 0 fully saturated rings. The first-order valence-electron chi connectivity index (χ1n) is 10.6. The van der Waals surface area contributed by atoms with Crippen LogP contribution in [0.3, 0.4) is 0 Å². The first-order valence-corrected chi connectivity index (χ1v) is 11.9. The van der Waals surface area contributed by atoms with E-state index in [1.54, 1.807) is 0 Å². The van der Waals surface area contributed by atoms with E-state index in [0.29, 0.717) is 24.3 Å². The molecule has 0 amide bonds. The van der Waals surface area contributed by atoms with E-state index in [1.165, 1.54) is 18.5 Å². The number of hydrogen-bond donors (Lipinski definition) is 0. The van der Waals surface area contributed by atoms with Crippen molar-refractivity contribution in [1.82, 2.24) is 19.5 Å². The number of fused-ring (bicyclic) bond motifs is 1. The van der Waals surface area contributed by atoms with Gasteiger partial charge in [0.15, 0.2) is 5.82 Å². The van der Waals surface area contributed by atoms with E-state index in [9.17, 15) is 43.7 Å². The Hall–Kier alpha value is -3.49. The van der Waals surface area contributed by atoms with Crippen molar-refractivity contribution in [3.05, 3.63) is 59.4 Å². The van der Waals surface area contributed by atoms with E-state index in [0.717, 1.165) is 18.3 Å². The minimum absolute atomic E-state index is 0.0824. The Morgan fingerprint density at radius 3 is 2.00 bits per heavy atom. The van der Waals surface area contributed by atoms with Crippen molar-refractivity contribution in [1.29, 1.82) is 0 Å². The molecule has 0 aliphatic carbocycles. The lowest BCUT2D eigenvalue weighted by Crippen LogP contribution is -2.13. The smallest absolute Gasteiger partial charge is 0.325 e. The number of alkyl halides is 9. The number of nitrogens with zero attached hydrogens (tertiary/aromatic N) is 4. The zero-order valence-corrected chi connectivity index (χ0v) is 20.1. The number of rotatable bonds is 4. The van der Waals surface area contributed by atoms with E-state index in [-0.39, 0.29) is 33.9 Å². The first kappa shape index (κ1) is 27.5. The molecule has 0 aliphatic rings.